The van der Waals surface area contributed by atoms with Crippen LogP contribution in [0.25, 0.3) is 0 Å². The summed E-state index contributed by atoms with van der Waals surface area (Å²) >= 11 is 4.94. The van der Waals surface area contributed by atoms with E-state index in [0.717, 1.165) is 26.1 Å². The van der Waals surface area contributed by atoms with E-state index in [2.05, 4.69) is 13.8 Å². The van der Waals surface area contributed by atoms with Gasteiger partial charge in [0.1, 0.15) is 0 Å². The lowest BCUT2D eigenvalue weighted by Crippen LogP contribution is -2.26. The maximum Gasteiger partial charge on any atom is 0.0733 e. The van der Waals surface area contributed by atoms with Crippen molar-refractivity contribution in [2.45, 2.75) is 45.1 Å². The highest BCUT2D eigenvalue weighted by Crippen LogP contribution is 2.48. The van der Waals surface area contributed by atoms with Gasteiger partial charge in [0, 0.05) is 25.6 Å². The number of methoxy groups -OCH3 is 1. The molecule has 94 valence electrons. The van der Waals surface area contributed by atoms with E-state index in [0.29, 0.717) is 4.99 Å². The molecule has 1 fully saturated rings. The third-order valence-electron chi connectivity index (χ3n) is 3.32. The van der Waals surface area contributed by atoms with Crippen molar-refractivity contribution in [3.05, 3.63) is 0 Å². The first kappa shape index (κ1) is 13.9. The Kier molecular flexibility index (Phi) is 4.71. The van der Waals surface area contributed by atoms with Gasteiger partial charge < -0.3 is 15.2 Å². The SMILES string of the molecule is COC(C)(C)CCOCC1(CC(N)=S)CC1. The van der Waals surface area contributed by atoms with Crippen molar-refractivity contribution in [3.63, 3.8) is 0 Å². The van der Waals surface area contributed by atoms with Gasteiger partial charge in [-0.15, -0.1) is 0 Å². The summed E-state index contributed by atoms with van der Waals surface area (Å²) in [6.45, 7) is 5.65. The molecular formula is C12H23NO2S. The fourth-order valence-electron chi connectivity index (χ4n) is 1.63. The van der Waals surface area contributed by atoms with Crippen LogP contribution in [0.1, 0.15) is 39.5 Å². The van der Waals surface area contributed by atoms with Crippen molar-refractivity contribution in [2.24, 2.45) is 11.1 Å². The Morgan fingerprint density at radius 3 is 2.50 bits per heavy atom. The van der Waals surface area contributed by atoms with Crippen molar-refractivity contribution in [1.82, 2.24) is 0 Å². The Balaban J connectivity index is 2.14. The summed E-state index contributed by atoms with van der Waals surface area (Å²) in [5, 5.41) is 0. The molecule has 0 aliphatic heterocycles. The first-order valence-electron chi connectivity index (χ1n) is 5.80. The maximum atomic E-state index is 5.70. The van der Waals surface area contributed by atoms with Crippen molar-refractivity contribution >= 4 is 17.2 Å². The van der Waals surface area contributed by atoms with Crippen molar-refractivity contribution < 1.29 is 9.47 Å². The Labute approximate surface area is 104 Å². The predicted molar refractivity (Wildman–Crippen MR) is 69.6 cm³/mol. The number of rotatable bonds is 8. The van der Waals surface area contributed by atoms with Crippen LogP contribution in [0.15, 0.2) is 0 Å². The van der Waals surface area contributed by atoms with Crippen LogP contribution >= 0.6 is 12.2 Å². The van der Waals surface area contributed by atoms with E-state index in [1.807, 2.05) is 0 Å². The molecule has 0 bridgehead atoms. The van der Waals surface area contributed by atoms with Gasteiger partial charge in [0.2, 0.25) is 0 Å². The zero-order valence-electron chi connectivity index (χ0n) is 10.5. The van der Waals surface area contributed by atoms with Gasteiger partial charge in [-0.05, 0) is 33.1 Å². The standard InChI is InChI=1S/C12H23NO2S/c1-11(2,14-3)6-7-15-9-12(4-5-12)8-10(13)16/h4-9H2,1-3H3,(H2,13,16). The third-order valence-corrected chi connectivity index (χ3v) is 3.46. The van der Waals surface area contributed by atoms with Gasteiger partial charge in [-0.25, -0.2) is 0 Å². The minimum Gasteiger partial charge on any atom is -0.393 e. The molecule has 1 aliphatic rings. The molecule has 0 saturated heterocycles. The molecule has 3 nitrogen and oxygen atoms in total. The molecule has 0 amide bonds. The quantitative estimate of drug-likeness (QED) is 0.526. The second-order valence-electron chi connectivity index (χ2n) is 5.41. The summed E-state index contributed by atoms with van der Waals surface area (Å²) in [6.07, 6.45) is 4.12. The van der Waals surface area contributed by atoms with E-state index in [1.54, 1.807) is 7.11 Å². The number of ether oxygens (including phenoxy) is 2. The fraction of sp³-hybridized carbons (Fsp3) is 0.917. The molecule has 0 atom stereocenters. The molecule has 0 aromatic heterocycles. The number of hydrogen-bond acceptors (Lipinski definition) is 3. The predicted octanol–water partition coefficient (Wildman–Crippen LogP) is 2.27. The van der Waals surface area contributed by atoms with Crippen LogP contribution in [0, 0.1) is 5.41 Å². The minimum atomic E-state index is -0.0973. The monoisotopic (exact) mass is 245 g/mol. The average Bonchev–Trinajstić information content (AvgIpc) is 2.92. The fourth-order valence-corrected chi connectivity index (χ4v) is 1.93. The van der Waals surface area contributed by atoms with Gasteiger partial charge in [-0.2, -0.15) is 0 Å². The molecule has 0 radical (unpaired) electrons. The maximum absolute atomic E-state index is 5.70. The highest BCUT2D eigenvalue weighted by molar-refractivity contribution is 7.80. The minimum absolute atomic E-state index is 0.0973. The summed E-state index contributed by atoms with van der Waals surface area (Å²) in [4.78, 5) is 0.610. The van der Waals surface area contributed by atoms with Crippen LogP contribution in [-0.4, -0.2) is 30.9 Å². The van der Waals surface area contributed by atoms with Crippen LogP contribution in [0.3, 0.4) is 0 Å². The first-order chi connectivity index (χ1) is 7.39. The molecule has 1 aliphatic carbocycles. The van der Waals surface area contributed by atoms with E-state index in [9.17, 15) is 0 Å². The van der Waals surface area contributed by atoms with Crippen molar-refractivity contribution in [1.29, 1.82) is 0 Å². The molecule has 4 heteroatoms. The van der Waals surface area contributed by atoms with Gasteiger partial charge in [-0.1, -0.05) is 12.2 Å². The lowest BCUT2D eigenvalue weighted by molar-refractivity contribution is -0.0155. The summed E-state index contributed by atoms with van der Waals surface area (Å²) in [6, 6.07) is 0. The molecule has 0 aromatic carbocycles. The number of nitrogens with two attached hydrogens (primary N) is 1. The largest absolute Gasteiger partial charge is 0.393 e. The van der Waals surface area contributed by atoms with Crippen molar-refractivity contribution in [3.8, 4) is 0 Å². The highest BCUT2D eigenvalue weighted by Gasteiger charge is 2.43. The lowest BCUT2D eigenvalue weighted by Gasteiger charge is -2.23. The van der Waals surface area contributed by atoms with Crippen LogP contribution < -0.4 is 5.73 Å². The summed E-state index contributed by atoms with van der Waals surface area (Å²) in [5.41, 5.74) is 5.74. The molecule has 16 heavy (non-hydrogen) atoms. The molecular weight excluding hydrogens is 222 g/mol. The van der Waals surface area contributed by atoms with E-state index in [1.165, 1.54) is 12.8 Å². The molecule has 0 heterocycles. The van der Waals surface area contributed by atoms with Crippen LogP contribution in [-0.2, 0) is 9.47 Å². The second-order valence-corrected chi connectivity index (χ2v) is 5.93. The van der Waals surface area contributed by atoms with Gasteiger partial charge in [-0.3, -0.25) is 0 Å². The molecule has 0 aromatic rings. The normalized spacial score (nSPS) is 18.4. The van der Waals surface area contributed by atoms with E-state index >= 15 is 0 Å². The smallest absolute Gasteiger partial charge is 0.0733 e. The lowest BCUT2D eigenvalue weighted by atomic mass is 10.0. The van der Waals surface area contributed by atoms with E-state index in [-0.39, 0.29) is 11.0 Å². The number of thiocarbonyl (C=S) groups is 1. The second kappa shape index (κ2) is 5.43. The number of hydrogen-bond donors (Lipinski definition) is 1. The van der Waals surface area contributed by atoms with Crippen LogP contribution in [0.2, 0.25) is 0 Å². The van der Waals surface area contributed by atoms with E-state index in [4.69, 9.17) is 27.4 Å². The zero-order valence-corrected chi connectivity index (χ0v) is 11.4. The average molecular weight is 245 g/mol. The van der Waals surface area contributed by atoms with Crippen molar-refractivity contribution in [2.75, 3.05) is 20.3 Å². The third kappa shape index (κ3) is 4.76. The summed E-state index contributed by atoms with van der Waals surface area (Å²) in [5.74, 6) is 0. The summed E-state index contributed by atoms with van der Waals surface area (Å²) in [7, 11) is 1.73. The Bertz CT molecular complexity index is 249. The Morgan fingerprint density at radius 1 is 1.44 bits per heavy atom. The zero-order chi connectivity index (χ0) is 12.2. The highest BCUT2D eigenvalue weighted by atomic mass is 32.1. The molecule has 1 rings (SSSR count). The van der Waals surface area contributed by atoms with Gasteiger partial charge in [0.25, 0.3) is 0 Å². The molecule has 0 unspecified atom stereocenters. The molecule has 1 saturated carbocycles. The van der Waals surface area contributed by atoms with Crippen LogP contribution in [0.4, 0.5) is 0 Å². The van der Waals surface area contributed by atoms with Gasteiger partial charge >= 0.3 is 0 Å². The van der Waals surface area contributed by atoms with Gasteiger partial charge in [0.05, 0.1) is 17.2 Å². The molecule has 2 N–H and O–H groups in total. The summed E-state index contributed by atoms with van der Waals surface area (Å²) < 4.78 is 11.0. The first-order valence-corrected chi connectivity index (χ1v) is 6.21. The van der Waals surface area contributed by atoms with Gasteiger partial charge in [0.15, 0.2) is 0 Å². The molecule has 0 spiro atoms. The Morgan fingerprint density at radius 2 is 2.06 bits per heavy atom. The van der Waals surface area contributed by atoms with Crippen LogP contribution in [0.5, 0.6) is 0 Å². The van der Waals surface area contributed by atoms with E-state index < -0.39 is 0 Å². The topological polar surface area (TPSA) is 44.5 Å². The Hall–Kier alpha value is -0.190.